The van der Waals surface area contributed by atoms with Gasteiger partial charge in [0.1, 0.15) is 0 Å². The Morgan fingerprint density at radius 3 is 2.67 bits per heavy atom. The van der Waals surface area contributed by atoms with Crippen molar-refractivity contribution in [2.24, 2.45) is 0 Å². The van der Waals surface area contributed by atoms with E-state index in [4.69, 9.17) is 0 Å². The number of benzene rings is 1. The van der Waals surface area contributed by atoms with Crippen LogP contribution in [0, 0.1) is 13.8 Å². The summed E-state index contributed by atoms with van der Waals surface area (Å²) in [4.78, 5) is 16.9. The van der Waals surface area contributed by atoms with Crippen molar-refractivity contribution < 1.29 is 4.79 Å². The fourth-order valence-electron chi connectivity index (χ4n) is 2.81. The maximum absolute atomic E-state index is 12.5. The fourth-order valence-corrected chi connectivity index (χ4v) is 3.50. The zero-order valence-corrected chi connectivity index (χ0v) is 14.9. The van der Waals surface area contributed by atoms with E-state index >= 15 is 0 Å². The van der Waals surface area contributed by atoms with Gasteiger partial charge in [0.2, 0.25) is 5.16 Å². The second-order valence-corrected chi connectivity index (χ2v) is 6.52. The quantitative estimate of drug-likeness (QED) is 0.546. The molecular formula is C18H20N4OS. The highest BCUT2D eigenvalue weighted by Gasteiger charge is 2.16. The van der Waals surface area contributed by atoms with Crippen molar-refractivity contribution in [1.82, 2.24) is 19.7 Å². The number of carbonyl (C=O) groups excluding carboxylic acids is 1. The van der Waals surface area contributed by atoms with Crippen molar-refractivity contribution >= 4 is 17.5 Å². The fraction of sp³-hybridized carbons (Fsp3) is 0.278. The molecule has 6 heteroatoms. The van der Waals surface area contributed by atoms with E-state index in [1.807, 2.05) is 50.2 Å². The summed E-state index contributed by atoms with van der Waals surface area (Å²) in [5.41, 5.74) is 3.92. The normalized spacial score (nSPS) is 11.0. The van der Waals surface area contributed by atoms with Crippen molar-refractivity contribution in [2.45, 2.75) is 32.5 Å². The first-order valence-electron chi connectivity index (χ1n) is 7.90. The number of hydrogen-bond acceptors (Lipinski definition) is 4. The molecule has 0 atom stereocenters. The summed E-state index contributed by atoms with van der Waals surface area (Å²) in [6, 6.07) is 11.8. The van der Waals surface area contributed by atoms with Crippen LogP contribution in [0.5, 0.6) is 0 Å². The average molecular weight is 340 g/mol. The monoisotopic (exact) mass is 340 g/mol. The van der Waals surface area contributed by atoms with E-state index in [0.29, 0.717) is 10.9 Å². The molecular weight excluding hydrogens is 320 g/mol. The molecule has 124 valence electrons. The van der Waals surface area contributed by atoms with E-state index < -0.39 is 0 Å². The Kier molecular flexibility index (Phi) is 4.85. The molecule has 1 aromatic carbocycles. The molecule has 0 unspecified atom stereocenters. The van der Waals surface area contributed by atoms with Crippen LogP contribution in [0.1, 0.15) is 28.7 Å². The van der Waals surface area contributed by atoms with E-state index in [9.17, 15) is 4.79 Å². The van der Waals surface area contributed by atoms with E-state index in [0.717, 1.165) is 34.9 Å². The Balaban J connectivity index is 1.68. The van der Waals surface area contributed by atoms with Crippen LogP contribution in [0.15, 0.2) is 41.6 Å². The first-order chi connectivity index (χ1) is 11.6. The first kappa shape index (κ1) is 16.5. The summed E-state index contributed by atoms with van der Waals surface area (Å²) in [6.07, 6.45) is 0. The van der Waals surface area contributed by atoms with Gasteiger partial charge in [0.25, 0.3) is 0 Å². The van der Waals surface area contributed by atoms with Gasteiger partial charge in [-0.3, -0.25) is 9.89 Å². The van der Waals surface area contributed by atoms with Crippen molar-refractivity contribution in [3.8, 4) is 11.4 Å². The Morgan fingerprint density at radius 1 is 1.25 bits per heavy atom. The number of H-pyrrole nitrogens is 1. The summed E-state index contributed by atoms with van der Waals surface area (Å²) in [6.45, 7) is 6.98. The zero-order valence-electron chi connectivity index (χ0n) is 14.0. The molecule has 24 heavy (non-hydrogen) atoms. The van der Waals surface area contributed by atoms with Crippen molar-refractivity contribution in [1.29, 1.82) is 0 Å². The van der Waals surface area contributed by atoms with Gasteiger partial charge >= 0.3 is 0 Å². The van der Waals surface area contributed by atoms with Gasteiger partial charge in [-0.25, -0.2) is 4.98 Å². The highest BCUT2D eigenvalue weighted by molar-refractivity contribution is 7.99. The molecule has 0 saturated carbocycles. The summed E-state index contributed by atoms with van der Waals surface area (Å²) < 4.78 is 2.15. The van der Waals surface area contributed by atoms with Gasteiger partial charge in [0, 0.05) is 29.1 Å². The lowest BCUT2D eigenvalue weighted by atomic mass is 10.2. The maximum Gasteiger partial charge on any atom is 0.209 e. The number of hydrogen-bond donors (Lipinski definition) is 1. The Morgan fingerprint density at radius 2 is 2.00 bits per heavy atom. The van der Waals surface area contributed by atoms with Crippen LogP contribution in [0.4, 0.5) is 0 Å². The SMILES string of the molecule is CCn1c(C)cc(C(=O)CSc2n[nH]c(-c3ccccc3)n2)c1C. The second kappa shape index (κ2) is 7.05. The minimum absolute atomic E-state index is 0.110. The van der Waals surface area contributed by atoms with E-state index in [2.05, 4.69) is 26.7 Å². The molecule has 2 aromatic heterocycles. The molecule has 0 aliphatic carbocycles. The number of ketones is 1. The molecule has 0 amide bonds. The van der Waals surface area contributed by atoms with Gasteiger partial charge in [-0.05, 0) is 26.8 Å². The third-order valence-corrected chi connectivity index (χ3v) is 4.88. The van der Waals surface area contributed by atoms with E-state index in [1.165, 1.54) is 11.8 Å². The van der Waals surface area contributed by atoms with Gasteiger partial charge in [-0.2, -0.15) is 0 Å². The molecule has 1 N–H and O–H groups in total. The van der Waals surface area contributed by atoms with Gasteiger partial charge < -0.3 is 4.57 Å². The molecule has 0 spiro atoms. The lowest BCUT2D eigenvalue weighted by Crippen LogP contribution is -2.06. The average Bonchev–Trinajstić information content (AvgIpc) is 3.18. The Hall–Kier alpha value is -2.34. The number of aromatic nitrogens is 4. The van der Waals surface area contributed by atoms with Crippen molar-refractivity contribution in [2.75, 3.05) is 5.75 Å². The van der Waals surface area contributed by atoms with Gasteiger partial charge in [-0.1, -0.05) is 42.1 Å². The smallest absolute Gasteiger partial charge is 0.209 e. The number of Topliss-reactive ketones (excluding diaryl/α,β-unsaturated/α-hetero) is 1. The Labute approximate surface area is 145 Å². The minimum atomic E-state index is 0.110. The Bertz CT molecular complexity index is 851. The molecule has 0 fully saturated rings. The van der Waals surface area contributed by atoms with Crippen LogP contribution in [0.25, 0.3) is 11.4 Å². The van der Waals surface area contributed by atoms with Crippen molar-refractivity contribution in [3.05, 3.63) is 53.3 Å². The molecule has 0 aliphatic rings. The number of rotatable bonds is 6. The van der Waals surface area contributed by atoms with Gasteiger partial charge in [0.05, 0.1) is 5.75 Å². The highest BCUT2D eigenvalue weighted by Crippen LogP contribution is 2.22. The minimum Gasteiger partial charge on any atom is -0.349 e. The molecule has 5 nitrogen and oxygen atoms in total. The number of carbonyl (C=O) groups is 1. The largest absolute Gasteiger partial charge is 0.349 e. The van der Waals surface area contributed by atoms with Crippen LogP contribution >= 0.6 is 11.8 Å². The predicted molar refractivity (Wildman–Crippen MR) is 96.5 cm³/mol. The van der Waals surface area contributed by atoms with Crippen LogP contribution in [0.2, 0.25) is 0 Å². The van der Waals surface area contributed by atoms with E-state index in [-0.39, 0.29) is 5.78 Å². The highest BCUT2D eigenvalue weighted by atomic mass is 32.2. The first-order valence-corrected chi connectivity index (χ1v) is 8.89. The second-order valence-electron chi connectivity index (χ2n) is 5.57. The standard InChI is InChI=1S/C18H20N4OS/c1-4-22-12(2)10-15(13(22)3)16(23)11-24-18-19-17(20-21-18)14-8-6-5-7-9-14/h5-10H,4,11H2,1-3H3,(H,19,20,21). The summed E-state index contributed by atoms with van der Waals surface area (Å²) in [5.74, 6) is 1.16. The lowest BCUT2D eigenvalue weighted by molar-refractivity contribution is 0.102. The van der Waals surface area contributed by atoms with Crippen LogP contribution in [0.3, 0.4) is 0 Å². The number of aromatic amines is 1. The number of nitrogens with zero attached hydrogens (tertiary/aromatic N) is 3. The third-order valence-electron chi connectivity index (χ3n) is 4.03. The van der Waals surface area contributed by atoms with Gasteiger partial charge in [0.15, 0.2) is 11.6 Å². The van der Waals surface area contributed by atoms with Crippen LogP contribution in [-0.2, 0) is 6.54 Å². The molecule has 0 saturated heterocycles. The van der Waals surface area contributed by atoms with Gasteiger partial charge in [-0.15, -0.1) is 5.10 Å². The molecule has 0 radical (unpaired) electrons. The molecule has 0 bridgehead atoms. The maximum atomic E-state index is 12.5. The predicted octanol–water partition coefficient (Wildman–Crippen LogP) is 3.88. The van der Waals surface area contributed by atoms with Crippen LogP contribution in [-0.4, -0.2) is 31.3 Å². The van der Waals surface area contributed by atoms with E-state index in [1.54, 1.807) is 0 Å². The summed E-state index contributed by atoms with van der Waals surface area (Å²) in [7, 11) is 0. The number of thioether (sulfide) groups is 1. The van der Waals surface area contributed by atoms with Crippen LogP contribution < -0.4 is 0 Å². The third kappa shape index (κ3) is 3.28. The number of aryl methyl sites for hydroxylation is 1. The topological polar surface area (TPSA) is 63.6 Å². The lowest BCUT2D eigenvalue weighted by Gasteiger charge is -2.05. The molecule has 3 rings (SSSR count). The molecule has 3 aromatic rings. The number of nitrogens with one attached hydrogen (secondary N) is 1. The molecule has 2 heterocycles. The summed E-state index contributed by atoms with van der Waals surface area (Å²) >= 11 is 1.36. The zero-order chi connectivity index (χ0) is 17.1. The summed E-state index contributed by atoms with van der Waals surface area (Å²) in [5, 5.41) is 7.70. The van der Waals surface area contributed by atoms with Crippen molar-refractivity contribution in [3.63, 3.8) is 0 Å². The molecule has 0 aliphatic heterocycles.